The molecule has 0 radical (unpaired) electrons. The van der Waals surface area contributed by atoms with Gasteiger partial charge in [0.2, 0.25) is 5.91 Å². The number of amides is 1. The van der Waals surface area contributed by atoms with E-state index in [4.69, 9.17) is 23.2 Å². The molecule has 34 heavy (non-hydrogen) atoms. The average molecular weight is 500 g/mol. The Morgan fingerprint density at radius 1 is 1.15 bits per heavy atom. The van der Waals surface area contributed by atoms with Crippen LogP contribution in [0.1, 0.15) is 44.7 Å². The smallest absolute Gasteiger partial charge is 0.239 e. The summed E-state index contributed by atoms with van der Waals surface area (Å²) in [5.41, 5.74) is 4.17. The summed E-state index contributed by atoms with van der Waals surface area (Å²) >= 11 is 12.6. The van der Waals surface area contributed by atoms with E-state index in [9.17, 15) is 4.79 Å². The molecule has 2 aliphatic rings. The lowest BCUT2D eigenvalue weighted by Gasteiger charge is -2.42. The summed E-state index contributed by atoms with van der Waals surface area (Å²) < 4.78 is 2.16. The molecule has 2 aromatic carbocycles. The predicted molar refractivity (Wildman–Crippen MR) is 139 cm³/mol. The molecule has 8 heteroatoms. The van der Waals surface area contributed by atoms with E-state index < -0.39 is 0 Å². The van der Waals surface area contributed by atoms with Crippen molar-refractivity contribution in [2.75, 3.05) is 31.1 Å². The van der Waals surface area contributed by atoms with Gasteiger partial charge in [0.1, 0.15) is 0 Å². The zero-order valence-corrected chi connectivity index (χ0v) is 21.2. The van der Waals surface area contributed by atoms with Gasteiger partial charge in [-0.3, -0.25) is 4.79 Å². The highest BCUT2D eigenvalue weighted by molar-refractivity contribution is 6.35. The van der Waals surface area contributed by atoms with Crippen LogP contribution in [0.5, 0.6) is 0 Å². The molecule has 3 unspecified atom stereocenters. The predicted octanol–water partition coefficient (Wildman–Crippen LogP) is 5.13. The summed E-state index contributed by atoms with van der Waals surface area (Å²) in [4.78, 5) is 22.1. The molecule has 0 aliphatic carbocycles. The van der Waals surface area contributed by atoms with E-state index in [-0.39, 0.29) is 24.0 Å². The van der Waals surface area contributed by atoms with Crippen molar-refractivity contribution in [3.63, 3.8) is 0 Å². The molecule has 0 spiro atoms. The molecular formula is C26H31Cl2N5O. The molecule has 3 heterocycles. The zero-order valence-electron chi connectivity index (χ0n) is 19.7. The fourth-order valence-corrected chi connectivity index (χ4v) is 5.88. The number of halogens is 2. The normalized spacial score (nSPS) is 22.2. The first-order valence-electron chi connectivity index (χ1n) is 12.1. The Hall–Kier alpha value is -2.28. The molecule has 0 bridgehead atoms. The molecule has 0 saturated carbocycles. The number of aromatic nitrogens is 2. The molecule has 1 aromatic heterocycles. The Labute approximate surface area is 210 Å². The third kappa shape index (κ3) is 4.51. The largest absolute Gasteiger partial charge is 0.365 e. The van der Waals surface area contributed by atoms with Gasteiger partial charge in [-0.2, -0.15) is 0 Å². The Bertz CT molecular complexity index is 1190. The summed E-state index contributed by atoms with van der Waals surface area (Å²) in [6.07, 6.45) is 5.12. The average Bonchev–Trinajstić information content (AvgIpc) is 3.27. The second-order valence-electron chi connectivity index (χ2n) is 9.50. The van der Waals surface area contributed by atoms with Crippen LogP contribution in [0.15, 0.2) is 42.7 Å². The van der Waals surface area contributed by atoms with Gasteiger partial charge in [-0.05, 0) is 69.1 Å². The number of fused-ring (bicyclic) bond motifs is 1. The van der Waals surface area contributed by atoms with Gasteiger partial charge < -0.3 is 19.7 Å². The topological polar surface area (TPSA) is 53.4 Å². The number of piperazine rings is 1. The van der Waals surface area contributed by atoms with Gasteiger partial charge in [0.15, 0.2) is 0 Å². The second-order valence-corrected chi connectivity index (χ2v) is 10.3. The summed E-state index contributed by atoms with van der Waals surface area (Å²) in [7, 11) is 0. The number of rotatable bonds is 4. The first kappa shape index (κ1) is 23.5. The molecule has 2 aliphatic heterocycles. The van der Waals surface area contributed by atoms with E-state index in [1.165, 1.54) is 0 Å². The Balaban J connectivity index is 1.36. The minimum Gasteiger partial charge on any atom is -0.365 e. The Morgan fingerprint density at radius 2 is 2.00 bits per heavy atom. The van der Waals surface area contributed by atoms with Crippen molar-refractivity contribution < 1.29 is 4.79 Å². The molecular weight excluding hydrogens is 469 g/mol. The summed E-state index contributed by atoms with van der Waals surface area (Å²) in [6, 6.07) is 12.3. The quantitative estimate of drug-likeness (QED) is 0.540. The monoisotopic (exact) mass is 499 g/mol. The number of imidazole rings is 1. The van der Waals surface area contributed by atoms with Crippen molar-refractivity contribution in [3.05, 3.63) is 58.3 Å². The standard InChI is InChI=1S/C26H31Cl2N5O/c1-17-15-31(26(34)24-5-3-4-10-29-24)11-12-32(17)20-7-9-23-25(14-20)33(16-30-23)18(2)21-8-6-19(27)13-22(21)28/h6-9,13-14,16-18,24,29H,3-5,10-12,15H2,1-2H3. The van der Waals surface area contributed by atoms with Crippen LogP contribution in [0.2, 0.25) is 10.0 Å². The number of nitrogens with one attached hydrogen (secondary N) is 1. The van der Waals surface area contributed by atoms with Gasteiger partial charge in [0, 0.05) is 41.4 Å². The third-order valence-corrected chi connectivity index (χ3v) is 7.83. The van der Waals surface area contributed by atoms with Gasteiger partial charge in [0.05, 0.1) is 29.4 Å². The van der Waals surface area contributed by atoms with Crippen LogP contribution in [0.4, 0.5) is 5.69 Å². The molecule has 5 rings (SSSR count). The van der Waals surface area contributed by atoms with Crippen molar-refractivity contribution >= 4 is 45.8 Å². The van der Waals surface area contributed by atoms with Crippen LogP contribution in [0.25, 0.3) is 11.0 Å². The van der Waals surface area contributed by atoms with E-state index in [0.717, 1.165) is 67.7 Å². The lowest BCUT2D eigenvalue weighted by atomic mass is 10.0. The van der Waals surface area contributed by atoms with Crippen LogP contribution in [-0.2, 0) is 4.79 Å². The molecule has 3 atom stereocenters. The highest BCUT2D eigenvalue weighted by Crippen LogP contribution is 2.32. The maximum absolute atomic E-state index is 13.0. The Kier molecular flexibility index (Phi) is 6.74. The van der Waals surface area contributed by atoms with Crippen molar-refractivity contribution in [1.82, 2.24) is 19.8 Å². The van der Waals surface area contributed by atoms with Crippen LogP contribution < -0.4 is 10.2 Å². The SMILES string of the molecule is CC1CN(C(=O)C2CCCCN2)CCN1c1ccc2ncn(C(C)c3ccc(Cl)cc3Cl)c2c1. The molecule has 6 nitrogen and oxygen atoms in total. The highest BCUT2D eigenvalue weighted by atomic mass is 35.5. The lowest BCUT2D eigenvalue weighted by molar-refractivity contribution is -0.134. The maximum Gasteiger partial charge on any atom is 0.239 e. The number of benzene rings is 2. The summed E-state index contributed by atoms with van der Waals surface area (Å²) in [5.74, 6) is 0.258. The fraction of sp³-hybridized carbons (Fsp3) is 0.462. The molecule has 2 saturated heterocycles. The lowest BCUT2D eigenvalue weighted by Crippen LogP contribution is -2.58. The first-order chi connectivity index (χ1) is 16.4. The number of piperidine rings is 1. The van der Waals surface area contributed by atoms with Gasteiger partial charge in [0.25, 0.3) is 0 Å². The number of carbonyl (C=O) groups excluding carboxylic acids is 1. The van der Waals surface area contributed by atoms with E-state index in [2.05, 4.69) is 51.8 Å². The van der Waals surface area contributed by atoms with E-state index in [1.807, 2.05) is 23.4 Å². The fourth-order valence-electron chi connectivity index (χ4n) is 5.32. The number of hydrogen-bond acceptors (Lipinski definition) is 4. The molecule has 2 fully saturated rings. The molecule has 1 N–H and O–H groups in total. The van der Waals surface area contributed by atoms with Crippen molar-refractivity contribution in [3.8, 4) is 0 Å². The first-order valence-corrected chi connectivity index (χ1v) is 12.9. The number of carbonyl (C=O) groups is 1. The van der Waals surface area contributed by atoms with Gasteiger partial charge >= 0.3 is 0 Å². The minimum atomic E-state index is -0.0145. The van der Waals surface area contributed by atoms with Gasteiger partial charge in [-0.15, -0.1) is 0 Å². The summed E-state index contributed by atoms with van der Waals surface area (Å²) in [6.45, 7) is 7.57. The highest BCUT2D eigenvalue weighted by Gasteiger charge is 2.31. The van der Waals surface area contributed by atoms with Crippen molar-refractivity contribution in [1.29, 1.82) is 0 Å². The molecule has 1 amide bonds. The van der Waals surface area contributed by atoms with Crippen LogP contribution >= 0.6 is 23.2 Å². The van der Waals surface area contributed by atoms with Crippen LogP contribution in [0.3, 0.4) is 0 Å². The van der Waals surface area contributed by atoms with Gasteiger partial charge in [-0.25, -0.2) is 4.98 Å². The van der Waals surface area contributed by atoms with Gasteiger partial charge in [-0.1, -0.05) is 35.7 Å². The Morgan fingerprint density at radius 3 is 2.74 bits per heavy atom. The summed E-state index contributed by atoms with van der Waals surface area (Å²) in [5, 5.41) is 4.68. The van der Waals surface area contributed by atoms with Crippen LogP contribution in [-0.4, -0.2) is 58.6 Å². The van der Waals surface area contributed by atoms with E-state index in [1.54, 1.807) is 6.07 Å². The second kappa shape index (κ2) is 9.76. The van der Waals surface area contributed by atoms with Crippen molar-refractivity contribution in [2.24, 2.45) is 0 Å². The minimum absolute atomic E-state index is 0.0138. The van der Waals surface area contributed by atoms with E-state index in [0.29, 0.717) is 10.0 Å². The maximum atomic E-state index is 13.0. The molecule has 180 valence electrons. The van der Waals surface area contributed by atoms with Crippen LogP contribution in [0, 0.1) is 0 Å². The number of nitrogens with zero attached hydrogens (tertiary/aromatic N) is 4. The zero-order chi connectivity index (χ0) is 23.8. The number of hydrogen-bond donors (Lipinski definition) is 1. The third-order valence-electron chi connectivity index (χ3n) is 7.27. The molecule has 3 aromatic rings. The van der Waals surface area contributed by atoms with E-state index >= 15 is 0 Å². The number of anilines is 1. The van der Waals surface area contributed by atoms with Crippen molar-refractivity contribution in [2.45, 2.75) is 51.2 Å².